The van der Waals surface area contributed by atoms with E-state index < -0.39 is 6.10 Å². The second-order valence-electron chi connectivity index (χ2n) is 6.65. The van der Waals surface area contributed by atoms with Crippen molar-refractivity contribution in [3.63, 3.8) is 0 Å². The quantitative estimate of drug-likeness (QED) is 0.751. The molecule has 0 saturated heterocycles. The third kappa shape index (κ3) is 2.90. The number of aryl methyl sites for hydroxylation is 2. The van der Waals surface area contributed by atoms with Crippen LogP contribution in [-0.4, -0.2) is 37.9 Å². The molecule has 0 aliphatic heterocycles. The Morgan fingerprint density at radius 1 is 1.31 bits per heavy atom. The van der Waals surface area contributed by atoms with Gasteiger partial charge in [-0.05, 0) is 18.9 Å². The minimum Gasteiger partial charge on any atom is -0.440 e. The van der Waals surface area contributed by atoms with Crippen LogP contribution in [0.5, 0.6) is 0 Å². The van der Waals surface area contributed by atoms with Crippen LogP contribution in [0.15, 0.2) is 47.1 Å². The van der Waals surface area contributed by atoms with Gasteiger partial charge in [-0.2, -0.15) is 5.10 Å². The summed E-state index contributed by atoms with van der Waals surface area (Å²) in [6.07, 6.45) is 3.54. The molecule has 0 unspecified atom stereocenters. The lowest BCUT2D eigenvalue weighted by atomic mass is 9.83. The lowest BCUT2D eigenvalue weighted by Crippen LogP contribution is -2.56. The normalized spacial score (nSPS) is 22.0. The third-order valence-corrected chi connectivity index (χ3v) is 4.64. The van der Waals surface area contributed by atoms with E-state index in [0.29, 0.717) is 18.1 Å². The molecule has 7 nitrogen and oxygen atoms in total. The molecule has 0 radical (unpaired) electrons. The molecule has 7 heteroatoms. The predicted molar refractivity (Wildman–Crippen MR) is 94.6 cm³/mol. The Morgan fingerprint density at radius 2 is 2.08 bits per heavy atom. The summed E-state index contributed by atoms with van der Waals surface area (Å²) in [5, 5.41) is 17.3. The van der Waals surface area contributed by atoms with Crippen molar-refractivity contribution in [1.29, 1.82) is 0 Å². The fourth-order valence-corrected chi connectivity index (χ4v) is 3.32. The second-order valence-corrected chi connectivity index (χ2v) is 6.65. The van der Waals surface area contributed by atoms with Gasteiger partial charge in [0, 0.05) is 18.7 Å². The zero-order valence-electron chi connectivity index (χ0n) is 14.6. The maximum atomic E-state index is 12.8. The zero-order valence-corrected chi connectivity index (χ0v) is 14.6. The number of aromatic nitrogens is 3. The predicted octanol–water partition coefficient (Wildman–Crippen LogP) is 2.26. The molecule has 134 valence electrons. The van der Waals surface area contributed by atoms with Crippen LogP contribution >= 0.6 is 0 Å². The van der Waals surface area contributed by atoms with Crippen LogP contribution in [0.25, 0.3) is 11.3 Å². The van der Waals surface area contributed by atoms with E-state index >= 15 is 0 Å². The number of aliphatic hydroxyl groups is 1. The van der Waals surface area contributed by atoms with Crippen molar-refractivity contribution in [2.75, 3.05) is 0 Å². The Labute approximate surface area is 150 Å². The van der Waals surface area contributed by atoms with Crippen LogP contribution in [0, 0.1) is 13.8 Å². The summed E-state index contributed by atoms with van der Waals surface area (Å²) < 4.78 is 7.36. The smallest absolute Gasteiger partial charge is 0.274 e. The zero-order chi connectivity index (χ0) is 18.3. The summed E-state index contributed by atoms with van der Waals surface area (Å²) >= 11 is 0. The van der Waals surface area contributed by atoms with Crippen molar-refractivity contribution >= 4 is 5.91 Å². The first-order chi connectivity index (χ1) is 12.5. The first-order valence-electron chi connectivity index (χ1n) is 8.55. The van der Waals surface area contributed by atoms with Crippen LogP contribution in [0.3, 0.4) is 0 Å². The van der Waals surface area contributed by atoms with Gasteiger partial charge in [0.2, 0.25) is 0 Å². The van der Waals surface area contributed by atoms with Gasteiger partial charge in [-0.1, -0.05) is 30.3 Å². The van der Waals surface area contributed by atoms with Gasteiger partial charge in [0.1, 0.15) is 0 Å². The molecule has 4 rings (SSSR count). The summed E-state index contributed by atoms with van der Waals surface area (Å²) in [6.45, 7) is 3.65. The van der Waals surface area contributed by atoms with Crippen LogP contribution in [-0.2, 0) is 0 Å². The molecule has 3 atom stereocenters. The lowest BCUT2D eigenvalue weighted by molar-refractivity contribution is -0.00596. The Bertz CT molecular complexity index is 931. The molecule has 0 spiro atoms. The lowest BCUT2D eigenvalue weighted by Gasteiger charge is -2.41. The monoisotopic (exact) mass is 352 g/mol. The second kappa shape index (κ2) is 6.42. The number of hydrogen-bond donors (Lipinski definition) is 2. The van der Waals surface area contributed by atoms with Crippen molar-refractivity contribution in [2.45, 2.75) is 38.5 Å². The molecule has 26 heavy (non-hydrogen) atoms. The standard InChI is InChI=1S/C19H20N4O3/c1-11-9-20-23(10-11)17-14(8-15(17)24)22-19(25)16-18(26-12(2)21-16)13-6-4-3-5-7-13/h3-7,9-10,14-15,17,24H,8H2,1-2H3,(H,22,25)/t14-,15+,17+/m0/s1. The van der Waals surface area contributed by atoms with E-state index in [2.05, 4.69) is 15.4 Å². The van der Waals surface area contributed by atoms with Gasteiger partial charge in [-0.15, -0.1) is 0 Å². The Balaban J connectivity index is 1.56. The number of nitrogens with zero attached hydrogens (tertiary/aromatic N) is 3. The SMILES string of the molecule is Cc1cnn([C@H]2[C@H](O)C[C@@H]2NC(=O)c2nc(C)oc2-c2ccccc2)c1. The minimum atomic E-state index is -0.535. The van der Waals surface area contributed by atoms with Crippen LogP contribution in [0.2, 0.25) is 0 Å². The number of oxazole rings is 1. The van der Waals surface area contributed by atoms with Crippen molar-refractivity contribution in [3.8, 4) is 11.3 Å². The highest BCUT2D eigenvalue weighted by atomic mass is 16.4. The van der Waals surface area contributed by atoms with Crippen LogP contribution in [0.4, 0.5) is 0 Å². The van der Waals surface area contributed by atoms with E-state index in [9.17, 15) is 9.90 Å². The Hall–Kier alpha value is -2.93. The molecule has 0 bridgehead atoms. The van der Waals surface area contributed by atoms with Gasteiger partial charge >= 0.3 is 0 Å². The topological polar surface area (TPSA) is 93.2 Å². The van der Waals surface area contributed by atoms with Crippen molar-refractivity contribution < 1.29 is 14.3 Å². The van der Waals surface area contributed by atoms with E-state index in [-0.39, 0.29) is 23.7 Å². The van der Waals surface area contributed by atoms with Gasteiger partial charge < -0.3 is 14.8 Å². The van der Waals surface area contributed by atoms with Crippen LogP contribution in [0.1, 0.15) is 34.4 Å². The number of carbonyl (C=O) groups excluding carboxylic acids is 1. The first-order valence-corrected chi connectivity index (χ1v) is 8.55. The van der Waals surface area contributed by atoms with Crippen molar-refractivity contribution in [2.24, 2.45) is 0 Å². The highest BCUT2D eigenvalue weighted by Crippen LogP contribution is 2.33. The molecule has 1 amide bonds. The molecule has 1 aliphatic rings. The van der Waals surface area contributed by atoms with E-state index in [1.54, 1.807) is 17.8 Å². The van der Waals surface area contributed by atoms with E-state index in [1.807, 2.05) is 43.5 Å². The molecular weight excluding hydrogens is 332 g/mol. The van der Waals surface area contributed by atoms with Gasteiger partial charge in [0.15, 0.2) is 17.3 Å². The van der Waals surface area contributed by atoms with Gasteiger partial charge in [-0.25, -0.2) is 4.98 Å². The summed E-state index contributed by atoms with van der Waals surface area (Å²) in [7, 11) is 0. The van der Waals surface area contributed by atoms with Gasteiger partial charge in [-0.3, -0.25) is 9.48 Å². The molecule has 1 fully saturated rings. The molecule has 2 heterocycles. The van der Waals surface area contributed by atoms with E-state index in [4.69, 9.17) is 4.42 Å². The van der Waals surface area contributed by atoms with E-state index in [0.717, 1.165) is 11.1 Å². The van der Waals surface area contributed by atoms with Crippen molar-refractivity contribution in [3.05, 3.63) is 59.9 Å². The highest BCUT2D eigenvalue weighted by molar-refractivity contribution is 5.98. The average molecular weight is 352 g/mol. The van der Waals surface area contributed by atoms with Crippen molar-refractivity contribution in [1.82, 2.24) is 20.1 Å². The summed E-state index contributed by atoms with van der Waals surface area (Å²) in [5.41, 5.74) is 2.06. The molecular formula is C19H20N4O3. The fraction of sp³-hybridized carbons (Fsp3) is 0.316. The number of amides is 1. The molecule has 1 saturated carbocycles. The average Bonchev–Trinajstić information content (AvgIpc) is 3.21. The largest absolute Gasteiger partial charge is 0.440 e. The molecule has 2 aromatic heterocycles. The molecule has 1 aromatic carbocycles. The number of benzene rings is 1. The molecule has 3 aromatic rings. The highest BCUT2D eigenvalue weighted by Gasteiger charge is 2.43. The fourth-order valence-electron chi connectivity index (χ4n) is 3.32. The third-order valence-electron chi connectivity index (χ3n) is 4.64. The summed E-state index contributed by atoms with van der Waals surface area (Å²) in [6, 6.07) is 8.93. The summed E-state index contributed by atoms with van der Waals surface area (Å²) in [5.74, 6) is 0.570. The molecule has 2 N–H and O–H groups in total. The molecule has 1 aliphatic carbocycles. The van der Waals surface area contributed by atoms with Gasteiger partial charge in [0.05, 0.1) is 24.4 Å². The maximum Gasteiger partial charge on any atom is 0.274 e. The number of nitrogens with one attached hydrogen (secondary N) is 1. The van der Waals surface area contributed by atoms with E-state index in [1.165, 1.54) is 0 Å². The van der Waals surface area contributed by atoms with Crippen LogP contribution < -0.4 is 5.32 Å². The number of hydrogen-bond acceptors (Lipinski definition) is 5. The maximum absolute atomic E-state index is 12.8. The number of aliphatic hydroxyl groups excluding tert-OH is 1. The van der Waals surface area contributed by atoms with Gasteiger partial charge in [0.25, 0.3) is 5.91 Å². The first kappa shape index (κ1) is 16.5. The Morgan fingerprint density at radius 3 is 2.73 bits per heavy atom. The minimum absolute atomic E-state index is 0.211. The number of rotatable bonds is 4. The summed E-state index contributed by atoms with van der Waals surface area (Å²) in [4.78, 5) is 17.1. The number of carbonyl (C=O) groups is 1. The Kier molecular flexibility index (Phi) is 4.08.